The fourth-order valence-electron chi connectivity index (χ4n) is 2.19. The number of para-hydroxylation sites is 1. The number of aryl methyl sites for hydroxylation is 2. The zero-order valence-corrected chi connectivity index (χ0v) is 14.0. The Kier molecular flexibility index (Phi) is 6.18. The highest BCUT2D eigenvalue weighted by atomic mass is 16.5. The maximum Gasteiger partial charge on any atom is 0.262 e. The third-order valence-corrected chi connectivity index (χ3v) is 3.71. The SMILES string of the molecule is CCNCc1ccccc1NC(=O)COc1ccc(C)c(C)c1. The Labute approximate surface area is 137 Å². The number of amides is 1. The first-order valence-electron chi connectivity index (χ1n) is 7.88. The predicted octanol–water partition coefficient (Wildman–Crippen LogP) is 3.43. The number of carbonyl (C=O) groups is 1. The summed E-state index contributed by atoms with van der Waals surface area (Å²) >= 11 is 0. The van der Waals surface area contributed by atoms with Gasteiger partial charge in [-0.3, -0.25) is 4.79 Å². The topological polar surface area (TPSA) is 50.4 Å². The van der Waals surface area contributed by atoms with Gasteiger partial charge in [0.1, 0.15) is 5.75 Å². The molecule has 0 saturated carbocycles. The Hall–Kier alpha value is -2.33. The summed E-state index contributed by atoms with van der Waals surface area (Å²) < 4.78 is 5.57. The van der Waals surface area contributed by atoms with Crippen molar-refractivity contribution in [2.24, 2.45) is 0 Å². The van der Waals surface area contributed by atoms with Crippen molar-refractivity contribution in [1.82, 2.24) is 5.32 Å². The van der Waals surface area contributed by atoms with Gasteiger partial charge < -0.3 is 15.4 Å². The average molecular weight is 312 g/mol. The minimum atomic E-state index is -0.160. The van der Waals surface area contributed by atoms with Crippen LogP contribution in [0.25, 0.3) is 0 Å². The zero-order chi connectivity index (χ0) is 16.7. The molecule has 23 heavy (non-hydrogen) atoms. The van der Waals surface area contributed by atoms with Crippen LogP contribution in [0.15, 0.2) is 42.5 Å². The Balaban J connectivity index is 1.93. The molecule has 1 amide bonds. The minimum absolute atomic E-state index is 0.00194. The monoisotopic (exact) mass is 312 g/mol. The molecule has 122 valence electrons. The lowest BCUT2D eigenvalue weighted by molar-refractivity contribution is -0.118. The predicted molar refractivity (Wildman–Crippen MR) is 93.9 cm³/mol. The largest absolute Gasteiger partial charge is 0.484 e. The summed E-state index contributed by atoms with van der Waals surface area (Å²) in [6.45, 7) is 7.74. The van der Waals surface area contributed by atoms with Gasteiger partial charge in [0, 0.05) is 12.2 Å². The molecule has 2 rings (SSSR count). The van der Waals surface area contributed by atoms with Crippen LogP contribution in [0.4, 0.5) is 5.69 Å². The Morgan fingerprint density at radius 3 is 2.61 bits per heavy atom. The number of hydrogen-bond acceptors (Lipinski definition) is 3. The zero-order valence-electron chi connectivity index (χ0n) is 14.0. The van der Waals surface area contributed by atoms with Gasteiger partial charge in [-0.1, -0.05) is 31.2 Å². The summed E-state index contributed by atoms with van der Waals surface area (Å²) in [4.78, 5) is 12.1. The van der Waals surface area contributed by atoms with Gasteiger partial charge in [-0.15, -0.1) is 0 Å². The van der Waals surface area contributed by atoms with Crippen LogP contribution in [-0.4, -0.2) is 19.1 Å². The highest BCUT2D eigenvalue weighted by Crippen LogP contribution is 2.17. The minimum Gasteiger partial charge on any atom is -0.484 e. The van der Waals surface area contributed by atoms with Crippen LogP contribution in [0.2, 0.25) is 0 Å². The maximum atomic E-state index is 12.1. The third kappa shape index (κ3) is 5.11. The van der Waals surface area contributed by atoms with Crippen LogP contribution >= 0.6 is 0 Å². The molecule has 0 spiro atoms. The molecule has 0 fully saturated rings. The molecule has 0 heterocycles. The summed E-state index contributed by atoms with van der Waals surface area (Å²) in [7, 11) is 0. The van der Waals surface area contributed by atoms with E-state index < -0.39 is 0 Å². The normalized spacial score (nSPS) is 10.4. The summed E-state index contributed by atoms with van der Waals surface area (Å²) in [6, 6.07) is 13.6. The van der Waals surface area contributed by atoms with Crippen molar-refractivity contribution in [2.45, 2.75) is 27.3 Å². The lowest BCUT2D eigenvalue weighted by Gasteiger charge is -2.12. The van der Waals surface area contributed by atoms with Crippen LogP contribution < -0.4 is 15.4 Å². The first-order valence-corrected chi connectivity index (χ1v) is 7.88. The standard InChI is InChI=1S/C19H24N2O2/c1-4-20-12-16-7-5-6-8-18(16)21-19(22)13-23-17-10-9-14(2)15(3)11-17/h5-11,20H,4,12-13H2,1-3H3,(H,21,22). The third-order valence-electron chi connectivity index (χ3n) is 3.71. The van der Waals surface area contributed by atoms with Gasteiger partial charge in [-0.25, -0.2) is 0 Å². The van der Waals surface area contributed by atoms with E-state index in [1.807, 2.05) is 56.3 Å². The van der Waals surface area contributed by atoms with Crippen LogP contribution in [0, 0.1) is 13.8 Å². The van der Waals surface area contributed by atoms with E-state index in [0.29, 0.717) is 5.75 Å². The fraction of sp³-hybridized carbons (Fsp3) is 0.316. The number of hydrogen-bond donors (Lipinski definition) is 2. The average Bonchev–Trinajstić information content (AvgIpc) is 2.55. The van der Waals surface area contributed by atoms with E-state index in [9.17, 15) is 4.79 Å². The molecule has 4 nitrogen and oxygen atoms in total. The number of benzene rings is 2. The number of ether oxygens (including phenoxy) is 1. The molecular weight excluding hydrogens is 288 g/mol. The highest BCUT2D eigenvalue weighted by molar-refractivity contribution is 5.92. The molecule has 2 aromatic carbocycles. The van der Waals surface area contributed by atoms with E-state index >= 15 is 0 Å². The van der Waals surface area contributed by atoms with Crippen LogP contribution in [0.1, 0.15) is 23.6 Å². The van der Waals surface area contributed by atoms with Crippen LogP contribution in [0.5, 0.6) is 5.75 Å². The van der Waals surface area contributed by atoms with Crippen molar-refractivity contribution in [1.29, 1.82) is 0 Å². The van der Waals surface area contributed by atoms with Crippen molar-refractivity contribution < 1.29 is 9.53 Å². The van der Waals surface area contributed by atoms with Crippen molar-refractivity contribution >= 4 is 11.6 Å². The van der Waals surface area contributed by atoms with Gasteiger partial charge in [-0.2, -0.15) is 0 Å². The molecule has 0 atom stereocenters. The van der Waals surface area contributed by atoms with Gasteiger partial charge in [0.15, 0.2) is 6.61 Å². The molecule has 0 radical (unpaired) electrons. The first-order chi connectivity index (χ1) is 11.1. The quantitative estimate of drug-likeness (QED) is 0.823. The fourth-order valence-corrected chi connectivity index (χ4v) is 2.19. The number of carbonyl (C=O) groups excluding carboxylic acids is 1. The molecule has 0 bridgehead atoms. The van der Waals surface area contributed by atoms with Crippen LogP contribution in [-0.2, 0) is 11.3 Å². The number of nitrogens with one attached hydrogen (secondary N) is 2. The Morgan fingerprint density at radius 2 is 1.87 bits per heavy atom. The molecule has 0 aliphatic heterocycles. The molecule has 2 N–H and O–H groups in total. The van der Waals surface area contributed by atoms with Gasteiger partial charge in [0.25, 0.3) is 5.91 Å². The maximum absolute atomic E-state index is 12.1. The molecule has 0 aliphatic rings. The van der Waals surface area contributed by atoms with Crippen molar-refractivity contribution in [2.75, 3.05) is 18.5 Å². The second-order valence-corrected chi connectivity index (χ2v) is 5.52. The van der Waals surface area contributed by atoms with E-state index in [2.05, 4.69) is 17.6 Å². The van der Waals surface area contributed by atoms with E-state index in [1.54, 1.807) is 0 Å². The molecule has 0 saturated heterocycles. The van der Waals surface area contributed by atoms with Crippen molar-refractivity contribution in [3.05, 3.63) is 59.2 Å². The van der Waals surface area contributed by atoms with E-state index in [4.69, 9.17) is 4.74 Å². The second kappa shape index (κ2) is 8.34. The summed E-state index contributed by atoms with van der Waals surface area (Å²) in [5, 5.41) is 6.18. The molecule has 0 aromatic heterocycles. The van der Waals surface area contributed by atoms with Crippen molar-refractivity contribution in [3.8, 4) is 5.75 Å². The smallest absolute Gasteiger partial charge is 0.262 e. The Bertz CT molecular complexity index is 668. The molecule has 0 unspecified atom stereocenters. The van der Waals surface area contributed by atoms with Gasteiger partial charge in [0.2, 0.25) is 0 Å². The highest BCUT2D eigenvalue weighted by Gasteiger charge is 2.07. The molecular formula is C19H24N2O2. The van der Waals surface area contributed by atoms with Crippen LogP contribution in [0.3, 0.4) is 0 Å². The van der Waals surface area contributed by atoms with Gasteiger partial charge in [-0.05, 0) is 55.3 Å². The number of anilines is 1. The summed E-state index contributed by atoms with van der Waals surface area (Å²) in [5.41, 5.74) is 4.24. The van der Waals surface area contributed by atoms with E-state index in [-0.39, 0.29) is 12.5 Å². The molecule has 0 aliphatic carbocycles. The van der Waals surface area contributed by atoms with E-state index in [0.717, 1.165) is 29.9 Å². The van der Waals surface area contributed by atoms with Gasteiger partial charge >= 0.3 is 0 Å². The summed E-state index contributed by atoms with van der Waals surface area (Å²) in [5.74, 6) is 0.552. The molecule has 2 aromatic rings. The Morgan fingerprint density at radius 1 is 1.09 bits per heavy atom. The lowest BCUT2D eigenvalue weighted by Crippen LogP contribution is -2.22. The van der Waals surface area contributed by atoms with Gasteiger partial charge in [0.05, 0.1) is 0 Å². The summed E-state index contributed by atoms with van der Waals surface area (Å²) in [6.07, 6.45) is 0. The van der Waals surface area contributed by atoms with E-state index in [1.165, 1.54) is 5.56 Å². The van der Waals surface area contributed by atoms with Crippen molar-refractivity contribution in [3.63, 3.8) is 0 Å². The number of rotatable bonds is 7. The second-order valence-electron chi connectivity index (χ2n) is 5.52. The molecule has 4 heteroatoms. The lowest BCUT2D eigenvalue weighted by atomic mass is 10.1. The first kappa shape index (κ1) is 17.0.